The number of nitrogens with two attached hydrogens (primary N) is 1. The van der Waals surface area contributed by atoms with E-state index in [1.54, 1.807) is 0 Å². The van der Waals surface area contributed by atoms with Crippen LogP contribution in [0.2, 0.25) is 0 Å². The fourth-order valence-corrected chi connectivity index (χ4v) is 2.56. The van der Waals surface area contributed by atoms with E-state index in [1.807, 2.05) is 13.8 Å². The molecule has 1 aromatic rings. The summed E-state index contributed by atoms with van der Waals surface area (Å²) in [7, 11) is 0. The maximum absolute atomic E-state index is 9.60. The Balaban J connectivity index is 2.29. The highest BCUT2D eigenvalue weighted by atomic mass is 16.5. The van der Waals surface area contributed by atoms with Crippen molar-refractivity contribution in [3.05, 3.63) is 6.33 Å². The summed E-state index contributed by atoms with van der Waals surface area (Å²) in [6.07, 6.45) is 5.83. The molecular formula is C14H24N4O2. The molecule has 1 aliphatic heterocycles. The molecule has 1 atom stereocenters. The number of aliphatic hydroxyl groups is 1. The molecule has 1 aromatic heterocycles. The lowest BCUT2D eigenvalue weighted by molar-refractivity contribution is 0.233. The second-order valence-electron chi connectivity index (χ2n) is 5.46. The van der Waals surface area contributed by atoms with Gasteiger partial charge in [-0.05, 0) is 26.7 Å². The zero-order valence-electron chi connectivity index (χ0n) is 12.2. The van der Waals surface area contributed by atoms with Crippen molar-refractivity contribution in [1.82, 2.24) is 9.97 Å². The topological polar surface area (TPSA) is 84.5 Å². The van der Waals surface area contributed by atoms with E-state index < -0.39 is 0 Å². The van der Waals surface area contributed by atoms with Gasteiger partial charge in [0, 0.05) is 6.54 Å². The molecular weight excluding hydrogens is 256 g/mol. The second kappa shape index (κ2) is 6.74. The van der Waals surface area contributed by atoms with Gasteiger partial charge in [-0.1, -0.05) is 12.8 Å². The van der Waals surface area contributed by atoms with Crippen molar-refractivity contribution in [3.63, 3.8) is 0 Å². The maximum atomic E-state index is 9.60. The highest BCUT2D eigenvalue weighted by Crippen LogP contribution is 2.32. The number of anilines is 2. The molecule has 3 N–H and O–H groups in total. The number of nitrogen functional groups attached to an aromatic ring is 1. The number of aliphatic hydroxyl groups excluding tert-OH is 1. The van der Waals surface area contributed by atoms with E-state index in [9.17, 15) is 5.11 Å². The zero-order valence-corrected chi connectivity index (χ0v) is 12.2. The van der Waals surface area contributed by atoms with E-state index in [1.165, 1.54) is 12.7 Å². The SMILES string of the molecule is CC(C)Oc1ncnc(N2CCCCCC2CO)c1N. The molecule has 20 heavy (non-hydrogen) atoms. The fourth-order valence-electron chi connectivity index (χ4n) is 2.56. The lowest BCUT2D eigenvalue weighted by Crippen LogP contribution is -2.38. The Bertz CT molecular complexity index is 439. The van der Waals surface area contributed by atoms with Crippen LogP contribution in [0.1, 0.15) is 39.5 Å². The monoisotopic (exact) mass is 280 g/mol. The van der Waals surface area contributed by atoms with E-state index in [0.29, 0.717) is 17.4 Å². The van der Waals surface area contributed by atoms with Crippen molar-refractivity contribution < 1.29 is 9.84 Å². The predicted molar refractivity (Wildman–Crippen MR) is 78.9 cm³/mol. The number of hydrogen-bond donors (Lipinski definition) is 2. The molecule has 0 radical (unpaired) electrons. The summed E-state index contributed by atoms with van der Waals surface area (Å²) in [5.74, 6) is 1.10. The third-order valence-electron chi connectivity index (χ3n) is 3.53. The first-order valence-corrected chi connectivity index (χ1v) is 7.28. The molecule has 1 aliphatic rings. The summed E-state index contributed by atoms with van der Waals surface area (Å²) in [4.78, 5) is 10.5. The highest BCUT2D eigenvalue weighted by Gasteiger charge is 2.25. The molecule has 1 saturated heterocycles. The van der Waals surface area contributed by atoms with Crippen LogP contribution in [0.4, 0.5) is 11.5 Å². The molecule has 0 saturated carbocycles. The van der Waals surface area contributed by atoms with Crippen molar-refractivity contribution in [2.75, 3.05) is 23.8 Å². The number of aromatic nitrogens is 2. The normalized spacial score (nSPS) is 20.0. The van der Waals surface area contributed by atoms with E-state index in [0.717, 1.165) is 25.8 Å². The summed E-state index contributed by atoms with van der Waals surface area (Å²) in [6.45, 7) is 4.84. The minimum Gasteiger partial charge on any atom is -0.473 e. The number of ether oxygens (including phenoxy) is 1. The molecule has 2 heterocycles. The quantitative estimate of drug-likeness (QED) is 0.871. The summed E-state index contributed by atoms with van der Waals surface area (Å²) < 4.78 is 5.61. The van der Waals surface area contributed by atoms with Crippen molar-refractivity contribution in [3.8, 4) is 5.88 Å². The minimum absolute atomic E-state index is 0.0119. The molecule has 0 bridgehead atoms. The first kappa shape index (κ1) is 14.8. The minimum atomic E-state index is 0.0119. The Kier molecular flexibility index (Phi) is 5.00. The molecule has 0 amide bonds. The van der Waals surface area contributed by atoms with Crippen molar-refractivity contribution in [2.24, 2.45) is 0 Å². The molecule has 0 spiro atoms. The molecule has 1 fully saturated rings. The average Bonchev–Trinajstić information content (AvgIpc) is 2.65. The predicted octanol–water partition coefficient (Wildman–Crippen LogP) is 1.59. The Labute approximate surface area is 120 Å². The van der Waals surface area contributed by atoms with Gasteiger partial charge >= 0.3 is 0 Å². The van der Waals surface area contributed by atoms with Gasteiger partial charge in [0.1, 0.15) is 12.0 Å². The molecule has 0 aliphatic carbocycles. The Morgan fingerprint density at radius 2 is 2.20 bits per heavy atom. The van der Waals surface area contributed by atoms with Gasteiger partial charge in [-0.2, -0.15) is 4.98 Å². The summed E-state index contributed by atoms with van der Waals surface area (Å²) >= 11 is 0. The van der Waals surface area contributed by atoms with Crippen LogP contribution in [0.5, 0.6) is 5.88 Å². The van der Waals surface area contributed by atoms with E-state index >= 15 is 0 Å². The van der Waals surface area contributed by atoms with E-state index in [-0.39, 0.29) is 18.8 Å². The van der Waals surface area contributed by atoms with Gasteiger partial charge in [0.2, 0.25) is 5.88 Å². The Morgan fingerprint density at radius 3 is 2.90 bits per heavy atom. The number of hydrogen-bond acceptors (Lipinski definition) is 6. The highest BCUT2D eigenvalue weighted by molar-refractivity contribution is 5.68. The maximum Gasteiger partial charge on any atom is 0.242 e. The van der Waals surface area contributed by atoms with Gasteiger partial charge in [0.25, 0.3) is 0 Å². The van der Waals surface area contributed by atoms with Crippen molar-refractivity contribution >= 4 is 11.5 Å². The average molecular weight is 280 g/mol. The van der Waals surface area contributed by atoms with E-state index in [2.05, 4.69) is 14.9 Å². The van der Waals surface area contributed by atoms with E-state index in [4.69, 9.17) is 10.5 Å². The lowest BCUT2D eigenvalue weighted by Gasteiger charge is -2.30. The van der Waals surface area contributed by atoms with Gasteiger partial charge in [-0.15, -0.1) is 0 Å². The van der Waals surface area contributed by atoms with Gasteiger partial charge in [0.05, 0.1) is 18.8 Å². The number of nitrogens with zero attached hydrogens (tertiary/aromatic N) is 3. The van der Waals surface area contributed by atoms with Gasteiger partial charge in [0.15, 0.2) is 5.82 Å². The number of rotatable bonds is 4. The molecule has 2 rings (SSSR count). The molecule has 1 unspecified atom stereocenters. The van der Waals surface area contributed by atoms with Gasteiger partial charge in [-0.3, -0.25) is 0 Å². The van der Waals surface area contributed by atoms with Gasteiger partial charge < -0.3 is 20.5 Å². The van der Waals surface area contributed by atoms with Crippen molar-refractivity contribution in [2.45, 2.75) is 51.7 Å². The fraction of sp³-hybridized carbons (Fsp3) is 0.714. The Hall–Kier alpha value is -1.56. The lowest BCUT2D eigenvalue weighted by atomic mass is 10.1. The second-order valence-corrected chi connectivity index (χ2v) is 5.46. The largest absolute Gasteiger partial charge is 0.473 e. The smallest absolute Gasteiger partial charge is 0.242 e. The van der Waals surface area contributed by atoms with Crippen LogP contribution in [0.25, 0.3) is 0 Å². The van der Waals surface area contributed by atoms with Crippen LogP contribution >= 0.6 is 0 Å². The van der Waals surface area contributed by atoms with Crippen LogP contribution in [-0.2, 0) is 0 Å². The molecule has 6 nitrogen and oxygen atoms in total. The van der Waals surface area contributed by atoms with Gasteiger partial charge in [-0.25, -0.2) is 4.98 Å². The van der Waals surface area contributed by atoms with Crippen LogP contribution in [-0.4, -0.2) is 40.4 Å². The Morgan fingerprint density at radius 1 is 1.40 bits per heavy atom. The van der Waals surface area contributed by atoms with Crippen LogP contribution in [0, 0.1) is 0 Å². The zero-order chi connectivity index (χ0) is 14.5. The molecule has 112 valence electrons. The third kappa shape index (κ3) is 3.30. The molecule has 0 aromatic carbocycles. The summed E-state index contributed by atoms with van der Waals surface area (Å²) in [5.41, 5.74) is 6.62. The van der Waals surface area contributed by atoms with Crippen LogP contribution in [0.15, 0.2) is 6.33 Å². The first-order valence-electron chi connectivity index (χ1n) is 7.28. The first-order chi connectivity index (χ1) is 9.63. The molecule has 6 heteroatoms. The standard InChI is InChI=1S/C14H24N4O2/c1-10(2)20-14-12(15)13(16-9-17-14)18-7-5-3-4-6-11(18)8-19/h9-11,19H,3-8,15H2,1-2H3. The van der Waals surface area contributed by atoms with Crippen molar-refractivity contribution in [1.29, 1.82) is 0 Å². The summed E-state index contributed by atoms with van der Waals surface area (Å²) in [6, 6.07) is 0.0709. The summed E-state index contributed by atoms with van der Waals surface area (Å²) in [5, 5.41) is 9.60. The van der Waals surface area contributed by atoms with Crippen LogP contribution in [0.3, 0.4) is 0 Å². The third-order valence-corrected chi connectivity index (χ3v) is 3.53. The van der Waals surface area contributed by atoms with Crippen LogP contribution < -0.4 is 15.4 Å².